The van der Waals surface area contributed by atoms with Crippen LogP contribution in [0.5, 0.6) is 0 Å². The molecule has 0 radical (unpaired) electrons. The van der Waals surface area contributed by atoms with Gasteiger partial charge in [0.25, 0.3) is 10.1 Å². The molecular formula is C33H45NO18S. The molecule has 3 heterocycles. The van der Waals surface area contributed by atoms with E-state index in [0.717, 1.165) is 10.5 Å². The van der Waals surface area contributed by atoms with E-state index >= 15 is 0 Å². The van der Waals surface area contributed by atoms with E-state index in [-0.39, 0.29) is 11.5 Å². The van der Waals surface area contributed by atoms with Gasteiger partial charge in [-0.25, -0.2) is 4.79 Å². The first-order valence-electron chi connectivity index (χ1n) is 16.7. The van der Waals surface area contributed by atoms with E-state index in [1.807, 2.05) is 0 Å². The molecule has 14 unspecified atom stereocenters. The molecule has 3 aliphatic heterocycles. The summed E-state index contributed by atoms with van der Waals surface area (Å²) >= 11 is 0. The van der Waals surface area contributed by atoms with Crippen molar-refractivity contribution in [2.45, 2.75) is 104 Å². The van der Waals surface area contributed by atoms with Crippen LogP contribution < -0.4 is 0 Å². The Kier molecular flexibility index (Phi) is 13.8. The number of benzene rings is 2. The lowest BCUT2D eigenvalue weighted by molar-refractivity contribution is -0.367. The number of piperidine rings is 1. The summed E-state index contributed by atoms with van der Waals surface area (Å²) in [6.45, 7) is -1.42. The van der Waals surface area contributed by atoms with E-state index in [1.165, 1.54) is 24.3 Å². The molecule has 5 rings (SSSR count). The summed E-state index contributed by atoms with van der Waals surface area (Å²) in [6, 6.07) is 13.0. The van der Waals surface area contributed by atoms with Gasteiger partial charge in [-0.15, -0.1) is 0 Å². The van der Waals surface area contributed by atoms with Crippen molar-refractivity contribution >= 4 is 16.2 Å². The number of aliphatic hydroxyl groups is 9. The van der Waals surface area contributed by atoms with Crippen molar-refractivity contribution in [3.05, 3.63) is 65.7 Å². The molecule has 0 spiro atoms. The van der Waals surface area contributed by atoms with E-state index < -0.39 is 128 Å². The van der Waals surface area contributed by atoms with Crippen molar-refractivity contribution in [1.29, 1.82) is 0 Å². The van der Waals surface area contributed by atoms with Crippen LogP contribution in [-0.4, -0.2) is 178 Å². The Hall–Kier alpha value is -2.90. The van der Waals surface area contributed by atoms with Gasteiger partial charge in [-0.3, -0.25) is 9.08 Å². The number of carbonyl (C=O) groups is 1. The maximum atomic E-state index is 13.0. The molecule has 296 valence electrons. The Morgan fingerprint density at radius 2 is 1.36 bits per heavy atom. The highest BCUT2D eigenvalue weighted by Crippen LogP contribution is 2.32. The first-order chi connectivity index (χ1) is 25.2. The quantitative estimate of drug-likeness (QED) is 0.0944. The molecule has 9 N–H and O–H groups in total. The van der Waals surface area contributed by atoms with Gasteiger partial charge in [0.2, 0.25) is 0 Å². The van der Waals surface area contributed by atoms with Crippen LogP contribution in [0.3, 0.4) is 0 Å². The van der Waals surface area contributed by atoms with Gasteiger partial charge in [-0.2, -0.15) is 8.42 Å². The predicted molar refractivity (Wildman–Crippen MR) is 175 cm³/mol. The minimum atomic E-state index is -4.35. The molecule has 53 heavy (non-hydrogen) atoms. The normalized spacial score (nSPS) is 36.6. The van der Waals surface area contributed by atoms with E-state index in [9.17, 15) is 59.2 Å². The van der Waals surface area contributed by atoms with E-state index in [2.05, 4.69) is 0 Å². The monoisotopic (exact) mass is 775 g/mol. The highest BCUT2D eigenvalue weighted by Gasteiger charge is 2.53. The molecule has 3 fully saturated rings. The molecule has 20 heteroatoms. The van der Waals surface area contributed by atoms with E-state index in [4.69, 9.17) is 27.9 Å². The zero-order chi connectivity index (χ0) is 38.6. The summed E-state index contributed by atoms with van der Waals surface area (Å²) in [6.07, 6.45) is -24.5. The Bertz CT molecular complexity index is 1580. The number of likely N-dealkylation sites (tertiary alicyclic amines) is 1. The van der Waals surface area contributed by atoms with Gasteiger partial charge in [0.15, 0.2) is 12.6 Å². The molecule has 1 amide bonds. The van der Waals surface area contributed by atoms with Crippen LogP contribution in [-0.2, 0) is 44.6 Å². The number of carbonyl (C=O) groups excluding carboxylic acids is 1. The van der Waals surface area contributed by atoms with Gasteiger partial charge < -0.3 is 69.6 Å². The molecule has 3 saturated heterocycles. The van der Waals surface area contributed by atoms with Crippen LogP contribution >= 0.6 is 0 Å². The van der Waals surface area contributed by atoms with Crippen LogP contribution in [0.1, 0.15) is 11.1 Å². The molecule has 0 aliphatic carbocycles. The van der Waals surface area contributed by atoms with Gasteiger partial charge in [0, 0.05) is 0 Å². The van der Waals surface area contributed by atoms with Crippen molar-refractivity contribution < 1.29 is 87.0 Å². The van der Waals surface area contributed by atoms with Crippen molar-refractivity contribution in [1.82, 2.24) is 4.90 Å². The summed E-state index contributed by atoms with van der Waals surface area (Å²) in [5.74, 6) is 0. The fourth-order valence-corrected chi connectivity index (χ4v) is 7.11. The molecule has 0 aromatic heterocycles. The number of ether oxygens (including phenoxy) is 5. The van der Waals surface area contributed by atoms with Crippen molar-refractivity contribution in [3.63, 3.8) is 0 Å². The average molecular weight is 776 g/mol. The van der Waals surface area contributed by atoms with Gasteiger partial charge in [0.1, 0.15) is 73.8 Å². The Labute approximate surface area is 304 Å². The van der Waals surface area contributed by atoms with Gasteiger partial charge in [-0.1, -0.05) is 48.0 Å². The first kappa shape index (κ1) is 41.3. The number of aliphatic hydroxyl groups excluding tert-OH is 9. The minimum Gasteiger partial charge on any atom is -0.445 e. The molecule has 14 atom stereocenters. The van der Waals surface area contributed by atoms with Gasteiger partial charge in [0.05, 0.1) is 37.3 Å². The van der Waals surface area contributed by atoms with Gasteiger partial charge >= 0.3 is 6.09 Å². The summed E-state index contributed by atoms with van der Waals surface area (Å²) in [7, 11) is -4.35. The van der Waals surface area contributed by atoms with E-state index in [0.29, 0.717) is 5.56 Å². The third kappa shape index (κ3) is 9.32. The number of hydrogen-bond donors (Lipinski definition) is 9. The van der Waals surface area contributed by atoms with Crippen LogP contribution in [0.15, 0.2) is 59.5 Å². The Morgan fingerprint density at radius 3 is 1.98 bits per heavy atom. The maximum Gasteiger partial charge on any atom is 0.410 e. The molecule has 3 aliphatic rings. The second kappa shape index (κ2) is 17.7. The topological polar surface area (TPSA) is 292 Å². The molecule has 19 nitrogen and oxygen atoms in total. The fourth-order valence-electron chi connectivity index (χ4n) is 6.19. The lowest BCUT2D eigenvalue weighted by Crippen LogP contribution is -2.68. The molecule has 2 aromatic rings. The lowest BCUT2D eigenvalue weighted by Gasteiger charge is -2.49. The second-order valence-electron chi connectivity index (χ2n) is 13.0. The number of nitrogens with zero attached hydrogens (tertiary/aromatic N) is 1. The highest BCUT2D eigenvalue weighted by molar-refractivity contribution is 7.86. The fraction of sp³-hybridized carbons (Fsp3) is 0.606. The SMILES string of the molecule is Cc1ccc(S(=O)(=O)OCC2OC(OC3C(CO)OC(OC4C(O)C(O)CN(C(=O)OCc5ccccc5)C4CO)C(O)C3O)C(O)C(O)C2O)cc1. The molecule has 0 bridgehead atoms. The number of β-amino-alcohol motifs (C(OH)–C–C–N with tert-alkyl or cyclic N) is 1. The summed E-state index contributed by atoms with van der Waals surface area (Å²) in [5, 5.41) is 95.6. The standard InChI is InChI=1S/C33H45NO18S/c1-16-7-9-18(10-8-16)53(45,46)48-15-22-24(39)25(40)27(42)31(50-22)52-30-21(13-36)49-32(28(43)26(30)41)51-29-19(12-35)34(11-20(37)23(29)38)33(44)47-14-17-5-3-2-4-6-17/h2-10,19-32,35-43H,11-15H2,1H3. The molecule has 0 saturated carbocycles. The second-order valence-corrected chi connectivity index (χ2v) is 14.6. The number of hydrogen-bond acceptors (Lipinski definition) is 18. The predicted octanol–water partition coefficient (Wildman–Crippen LogP) is -3.55. The van der Waals surface area contributed by atoms with Gasteiger partial charge in [-0.05, 0) is 24.6 Å². The smallest absolute Gasteiger partial charge is 0.410 e. The Balaban J connectivity index is 1.25. The summed E-state index contributed by atoms with van der Waals surface area (Å²) in [4.78, 5) is 13.7. The average Bonchev–Trinajstić information content (AvgIpc) is 3.15. The van der Waals surface area contributed by atoms with Crippen LogP contribution in [0.25, 0.3) is 0 Å². The number of aryl methyl sites for hydroxylation is 1. The minimum absolute atomic E-state index is 0.148. The summed E-state index contributed by atoms with van der Waals surface area (Å²) in [5.41, 5.74) is 1.44. The van der Waals surface area contributed by atoms with Crippen LogP contribution in [0.4, 0.5) is 4.79 Å². The largest absolute Gasteiger partial charge is 0.445 e. The Morgan fingerprint density at radius 1 is 0.755 bits per heavy atom. The first-order valence-corrected chi connectivity index (χ1v) is 18.1. The van der Waals surface area contributed by atoms with Crippen LogP contribution in [0, 0.1) is 6.92 Å². The lowest BCUT2D eigenvalue weighted by atomic mass is 9.93. The van der Waals surface area contributed by atoms with Crippen molar-refractivity contribution in [3.8, 4) is 0 Å². The molecule has 2 aromatic carbocycles. The molecular weight excluding hydrogens is 730 g/mol. The third-order valence-electron chi connectivity index (χ3n) is 9.29. The highest BCUT2D eigenvalue weighted by atomic mass is 32.2. The van der Waals surface area contributed by atoms with Crippen LogP contribution in [0.2, 0.25) is 0 Å². The maximum absolute atomic E-state index is 13.0. The zero-order valence-electron chi connectivity index (χ0n) is 28.4. The third-order valence-corrected chi connectivity index (χ3v) is 10.6. The van der Waals surface area contributed by atoms with Crippen molar-refractivity contribution in [2.24, 2.45) is 0 Å². The summed E-state index contributed by atoms with van der Waals surface area (Å²) < 4.78 is 58.3. The zero-order valence-corrected chi connectivity index (χ0v) is 29.2. The van der Waals surface area contributed by atoms with Crippen molar-refractivity contribution in [2.75, 3.05) is 26.4 Å². The van der Waals surface area contributed by atoms with E-state index in [1.54, 1.807) is 37.3 Å². The number of amides is 1. The number of rotatable bonds is 12.